The van der Waals surface area contributed by atoms with Gasteiger partial charge in [0.15, 0.2) is 0 Å². The molecule has 148 valence electrons. The molecule has 0 aliphatic heterocycles. The van der Waals surface area contributed by atoms with Crippen LogP contribution in [0.5, 0.6) is 0 Å². The number of hydrogen-bond donors (Lipinski definition) is 1. The van der Waals surface area contributed by atoms with E-state index in [1.54, 1.807) is 12.1 Å². The summed E-state index contributed by atoms with van der Waals surface area (Å²) < 4.78 is 14.9. The zero-order chi connectivity index (χ0) is 21.3. The van der Waals surface area contributed by atoms with Gasteiger partial charge in [-0.15, -0.1) is 0 Å². The van der Waals surface area contributed by atoms with Crippen LogP contribution in [0.25, 0.3) is 16.7 Å². The molecule has 2 aromatic heterocycles. The summed E-state index contributed by atoms with van der Waals surface area (Å²) in [6.45, 7) is 0. The van der Waals surface area contributed by atoms with Crippen molar-refractivity contribution in [2.24, 2.45) is 0 Å². The molecule has 2 aromatic carbocycles. The SMILES string of the molecule is O=C(Nc1ccc([N+](=O)[O-])cc1)c1cn(-c2ccc(F)cc2)c2ncccc2c1=O. The number of aromatic nitrogens is 2. The zero-order valence-electron chi connectivity index (χ0n) is 15.3. The fourth-order valence-electron chi connectivity index (χ4n) is 2.99. The van der Waals surface area contributed by atoms with E-state index in [4.69, 9.17) is 0 Å². The third-order valence-corrected chi connectivity index (χ3v) is 4.45. The molecular weight excluding hydrogens is 391 g/mol. The van der Waals surface area contributed by atoms with Crippen LogP contribution in [0.1, 0.15) is 10.4 Å². The molecule has 0 radical (unpaired) electrons. The minimum atomic E-state index is -0.685. The monoisotopic (exact) mass is 404 g/mol. The van der Waals surface area contributed by atoms with Gasteiger partial charge in [-0.25, -0.2) is 9.37 Å². The van der Waals surface area contributed by atoms with Crippen molar-refractivity contribution in [2.45, 2.75) is 0 Å². The summed E-state index contributed by atoms with van der Waals surface area (Å²) >= 11 is 0. The summed E-state index contributed by atoms with van der Waals surface area (Å²) in [5.41, 5.74) is 0.340. The summed E-state index contributed by atoms with van der Waals surface area (Å²) in [7, 11) is 0. The number of benzene rings is 2. The molecule has 8 nitrogen and oxygen atoms in total. The number of carbonyl (C=O) groups is 1. The number of rotatable bonds is 4. The number of nitrogens with zero attached hydrogens (tertiary/aromatic N) is 3. The molecule has 0 unspecified atom stereocenters. The van der Waals surface area contributed by atoms with Crippen LogP contribution in [-0.4, -0.2) is 20.4 Å². The van der Waals surface area contributed by atoms with Crippen LogP contribution in [0.15, 0.2) is 77.9 Å². The van der Waals surface area contributed by atoms with Gasteiger partial charge in [-0.2, -0.15) is 0 Å². The highest BCUT2D eigenvalue weighted by Gasteiger charge is 2.17. The molecule has 0 saturated carbocycles. The first kappa shape index (κ1) is 18.9. The second-order valence-electron chi connectivity index (χ2n) is 6.35. The fourth-order valence-corrected chi connectivity index (χ4v) is 2.99. The molecule has 0 bridgehead atoms. The molecule has 0 saturated heterocycles. The number of halogens is 1. The van der Waals surface area contributed by atoms with Gasteiger partial charge in [0, 0.05) is 35.9 Å². The summed E-state index contributed by atoms with van der Waals surface area (Å²) in [6.07, 6.45) is 2.85. The number of non-ortho nitro benzene ring substituents is 1. The van der Waals surface area contributed by atoms with Gasteiger partial charge in [-0.3, -0.25) is 19.7 Å². The molecule has 4 aromatic rings. The minimum absolute atomic E-state index is 0.122. The molecule has 0 spiro atoms. The van der Waals surface area contributed by atoms with Crippen molar-refractivity contribution in [1.29, 1.82) is 0 Å². The van der Waals surface area contributed by atoms with Crippen LogP contribution in [0.3, 0.4) is 0 Å². The Kier molecular flexibility index (Phi) is 4.77. The fraction of sp³-hybridized carbons (Fsp3) is 0. The van der Waals surface area contributed by atoms with Crippen molar-refractivity contribution in [1.82, 2.24) is 9.55 Å². The first-order valence-corrected chi connectivity index (χ1v) is 8.76. The molecule has 4 rings (SSSR count). The number of nitro groups is 1. The van der Waals surface area contributed by atoms with Crippen LogP contribution in [-0.2, 0) is 0 Å². The molecule has 0 aliphatic rings. The lowest BCUT2D eigenvalue weighted by Gasteiger charge is -2.13. The Hall–Kier alpha value is -4.40. The van der Waals surface area contributed by atoms with Gasteiger partial charge in [0.2, 0.25) is 5.43 Å². The molecular formula is C21H13FN4O4. The number of hydrogen-bond acceptors (Lipinski definition) is 5. The first-order chi connectivity index (χ1) is 14.4. The van der Waals surface area contributed by atoms with Crippen LogP contribution in [0, 0.1) is 15.9 Å². The van der Waals surface area contributed by atoms with E-state index in [1.807, 2.05) is 0 Å². The maximum absolute atomic E-state index is 13.3. The topological polar surface area (TPSA) is 107 Å². The summed E-state index contributed by atoms with van der Waals surface area (Å²) in [5, 5.41) is 13.5. The van der Waals surface area contributed by atoms with E-state index in [1.165, 1.54) is 65.5 Å². The van der Waals surface area contributed by atoms with Crippen molar-refractivity contribution in [3.05, 3.63) is 105 Å². The highest BCUT2D eigenvalue weighted by molar-refractivity contribution is 6.05. The van der Waals surface area contributed by atoms with E-state index in [-0.39, 0.29) is 16.6 Å². The molecule has 1 amide bonds. The number of carbonyl (C=O) groups excluding carboxylic acids is 1. The largest absolute Gasteiger partial charge is 0.322 e. The van der Waals surface area contributed by atoms with E-state index in [0.717, 1.165) is 0 Å². The standard InChI is InChI=1S/C21H13FN4O4/c22-13-3-7-15(8-4-13)25-12-18(19(27)17-2-1-11-23-20(17)25)21(28)24-14-5-9-16(10-6-14)26(29)30/h1-12H,(H,24,28). The van der Waals surface area contributed by atoms with Gasteiger partial charge in [-0.05, 0) is 48.5 Å². The molecule has 0 aliphatic carbocycles. The second-order valence-corrected chi connectivity index (χ2v) is 6.35. The third-order valence-electron chi connectivity index (χ3n) is 4.45. The lowest BCUT2D eigenvalue weighted by atomic mass is 10.1. The number of nitro benzene ring substituents is 1. The van der Waals surface area contributed by atoms with Gasteiger partial charge in [0.1, 0.15) is 17.0 Å². The van der Waals surface area contributed by atoms with Crippen LogP contribution >= 0.6 is 0 Å². The van der Waals surface area contributed by atoms with E-state index in [0.29, 0.717) is 17.0 Å². The van der Waals surface area contributed by atoms with Gasteiger partial charge in [-0.1, -0.05) is 0 Å². The highest BCUT2D eigenvalue weighted by atomic mass is 19.1. The Morgan fingerprint density at radius 3 is 2.43 bits per heavy atom. The van der Waals surface area contributed by atoms with E-state index >= 15 is 0 Å². The number of amides is 1. The number of anilines is 1. The predicted molar refractivity (Wildman–Crippen MR) is 108 cm³/mol. The Morgan fingerprint density at radius 1 is 1.07 bits per heavy atom. The first-order valence-electron chi connectivity index (χ1n) is 8.76. The molecule has 0 fully saturated rings. The quantitative estimate of drug-likeness (QED) is 0.412. The Balaban J connectivity index is 1.79. The smallest absolute Gasteiger partial charge is 0.269 e. The average molecular weight is 404 g/mol. The second kappa shape index (κ2) is 7.55. The third kappa shape index (κ3) is 3.51. The van der Waals surface area contributed by atoms with Gasteiger partial charge in [0.05, 0.1) is 10.3 Å². The van der Waals surface area contributed by atoms with Crippen LogP contribution in [0.2, 0.25) is 0 Å². The molecule has 30 heavy (non-hydrogen) atoms. The maximum Gasteiger partial charge on any atom is 0.269 e. The van der Waals surface area contributed by atoms with Crippen molar-refractivity contribution in [3.63, 3.8) is 0 Å². The van der Waals surface area contributed by atoms with E-state index < -0.39 is 22.1 Å². The Morgan fingerprint density at radius 2 is 1.77 bits per heavy atom. The number of fused-ring (bicyclic) bond motifs is 1. The van der Waals surface area contributed by atoms with E-state index in [9.17, 15) is 24.1 Å². The Labute approximate surface area is 168 Å². The highest BCUT2D eigenvalue weighted by Crippen LogP contribution is 2.19. The van der Waals surface area contributed by atoms with Gasteiger partial charge >= 0.3 is 0 Å². The summed E-state index contributed by atoms with van der Waals surface area (Å²) in [4.78, 5) is 40.1. The van der Waals surface area contributed by atoms with Crippen molar-refractivity contribution in [2.75, 3.05) is 5.32 Å². The van der Waals surface area contributed by atoms with Gasteiger partial charge < -0.3 is 9.88 Å². The van der Waals surface area contributed by atoms with Crippen LogP contribution in [0.4, 0.5) is 15.8 Å². The van der Waals surface area contributed by atoms with Gasteiger partial charge in [0.25, 0.3) is 11.6 Å². The molecule has 1 N–H and O–H groups in total. The molecule has 0 atom stereocenters. The molecule has 2 heterocycles. The lowest BCUT2D eigenvalue weighted by molar-refractivity contribution is -0.384. The van der Waals surface area contributed by atoms with E-state index in [2.05, 4.69) is 10.3 Å². The lowest BCUT2D eigenvalue weighted by Crippen LogP contribution is -2.24. The maximum atomic E-state index is 13.3. The average Bonchev–Trinajstić information content (AvgIpc) is 2.75. The van der Waals surface area contributed by atoms with Crippen LogP contribution < -0.4 is 10.7 Å². The summed E-state index contributed by atoms with van der Waals surface area (Å²) in [5.74, 6) is -1.11. The van der Waals surface area contributed by atoms with Crippen molar-refractivity contribution >= 4 is 28.3 Å². The zero-order valence-corrected chi connectivity index (χ0v) is 15.3. The normalized spacial score (nSPS) is 10.7. The number of pyridine rings is 2. The summed E-state index contributed by atoms with van der Waals surface area (Å²) in [6, 6.07) is 13.9. The van der Waals surface area contributed by atoms with Crippen molar-refractivity contribution in [3.8, 4) is 5.69 Å². The number of nitrogens with one attached hydrogen (secondary N) is 1. The predicted octanol–water partition coefficient (Wildman–Crippen LogP) is 3.69. The molecule has 9 heteroatoms. The Bertz CT molecular complexity index is 1330. The van der Waals surface area contributed by atoms with Crippen molar-refractivity contribution < 1.29 is 14.1 Å². The minimum Gasteiger partial charge on any atom is -0.322 e.